The summed E-state index contributed by atoms with van der Waals surface area (Å²) in [5.74, 6) is 0.351. The van der Waals surface area contributed by atoms with E-state index in [1.807, 2.05) is 36.4 Å². The zero-order valence-electron chi connectivity index (χ0n) is 10.3. The van der Waals surface area contributed by atoms with E-state index in [2.05, 4.69) is 22.3 Å². The Kier molecular flexibility index (Phi) is 2.98. The molecule has 1 aromatic carbocycles. The molecular weight excluding hydrogens is 238 g/mol. The minimum atomic E-state index is 0.351. The second-order valence-electron chi connectivity index (χ2n) is 4.25. The summed E-state index contributed by atoms with van der Waals surface area (Å²) in [6.07, 6.45) is 2.41. The molecular formula is C15H13N3O. The second-order valence-corrected chi connectivity index (χ2v) is 4.25. The molecule has 3 aromatic rings. The van der Waals surface area contributed by atoms with E-state index in [4.69, 9.17) is 10.3 Å². The number of hydrogen-bond acceptors (Lipinski definition) is 4. The fourth-order valence-electron chi connectivity index (χ4n) is 2.00. The van der Waals surface area contributed by atoms with E-state index in [0.29, 0.717) is 18.0 Å². The Hall–Kier alpha value is -2.62. The van der Waals surface area contributed by atoms with E-state index >= 15 is 0 Å². The molecule has 0 saturated carbocycles. The van der Waals surface area contributed by atoms with Gasteiger partial charge in [-0.2, -0.15) is 0 Å². The SMILES string of the molecule is Nc1onc(-c2ccccn2)c1Cc1ccccc1. The molecule has 4 nitrogen and oxygen atoms in total. The fourth-order valence-corrected chi connectivity index (χ4v) is 2.00. The molecule has 0 saturated heterocycles. The summed E-state index contributed by atoms with van der Waals surface area (Å²) in [7, 11) is 0. The zero-order chi connectivity index (χ0) is 13.1. The van der Waals surface area contributed by atoms with Crippen molar-refractivity contribution in [1.82, 2.24) is 10.1 Å². The van der Waals surface area contributed by atoms with Crippen molar-refractivity contribution < 1.29 is 4.52 Å². The van der Waals surface area contributed by atoms with Gasteiger partial charge in [0.1, 0.15) is 5.69 Å². The Labute approximate surface area is 110 Å². The highest BCUT2D eigenvalue weighted by molar-refractivity contribution is 5.64. The minimum Gasteiger partial charge on any atom is -0.367 e. The average Bonchev–Trinajstić information content (AvgIpc) is 2.82. The Morgan fingerprint density at radius 3 is 2.53 bits per heavy atom. The zero-order valence-corrected chi connectivity index (χ0v) is 10.3. The first-order valence-electron chi connectivity index (χ1n) is 6.04. The minimum absolute atomic E-state index is 0.351. The predicted molar refractivity (Wildman–Crippen MR) is 73.4 cm³/mol. The van der Waals surface area contributed by atoms with Crippen LogP contribution < -0.4 is 5.73 Å². The fraction of sp³-hybridized carbons (Fsp3) is 0.0667. The number of nitrogen functional groups attached to an aromatic ring is 1. The summed E-state index contributed by atoms with van der Waals surface area (Å²) in [5, 5.41) is 4.02. The molecule has 94 valence electrons. The standard InChI is InChI=1S/C15H13N3O/c16-15-12(10-11-6-2-1-3-7-11)14(18-19-15)13-8-4-5-9-17-13/h1-9H,10,16H2. The highest BCUT2D eigenvalue weighted by Crippen LogP contribution is 2.27. The normalized spacial score (nSPS) is 10.5. The maximum atomic E-state index is 5.87. The molecule has 19 heavy (non-hydrogen) atoms. The van der Waals surface area contributed by atoms with Crippen molar-refractivity contribution in [3.8, 4) is 11.4 Å². The van der Waals surface area contributed by atoms with Gasteiger partial charge in [-0.1, -0.05) is 41.6 Å². The molecule has 0 unspecified atom stereocenters. The topological polar surface area (TPSA) is 64.9 Å². The van der Waals surface area contributed by atoms with E-state index in [0.717, 1.165) is 16.8 Å². The average molecular weight is 251 g/mol. The second kappa shape index (κ2) is 4.94. The van der Waals surface area contributed by atoms with Crippen LogP contribution in [-0.4, -0.2) is 10.1 Å². The number of pyridine rings is 1. The maximum absolute atomic E-state index is 5.87. The third kappa shape index (κ3) is 2.33. The van der Waals surface area contributed by atoms with Crippen molar-refractivity contribution in [2.75, 3.05) is 5.73 Å². The molecule has 0 radical (unpaired) electrons. The van der Waals surface area contributed by atoms with Gasteiger partial charge in [-0.25, -0.2) is 0 Å². The Morgan fingerprint density at radius 1 is 1.00 bits per heavy atom. The van der Waals surface area contributed by atoms with Crippen molar-refractivity contribution in [1.29, 1.82) is 0 Å². The van der Waals surface area contributed by atoms with Gasteiger partial charge in [0.15, 0.2) is 0 Å². The largest absolute Gasteiger partial charge is 0.367 e. The van der Waals surface area contributed by atoms with E-state index in [1.165, 1.54) is 0 Å². The van der Waals surface area contributed by atoms with Crippen LogP contribution in [0.1, 0.15) is 11.1 Å². The van der Waals surface area contributed by atoms with Gasteiger partial charge >= 0.3 is 0 Å². The van der Waals surface area contributed by atoms with Gasteiger partial charge in [-0.15, -0.1) is 0 Å². The van der Waals surface area contributed by atoms with Crippen LogP contribution in [-0.2, 0) is 6.42 Å². The molecule has 0 aliphatic carbocycles. The Bertz CT molecular complexity index is 662. The molecule has 0 aliphatic heterocycles. The smallest absolute Gasteiger partial charge is 0.226 e. The third-order valence-corrected chi connectivity index (χ3v) is 2.95. The van der Waals surface area contributed by atoms with Crippen molar-refractivity contribution in [3.05, 3.63) is 65.9 Å². The van der Waals surface area contributed by atoms with Crippen molar-refractivity contribution >= 4 is 5.88 Å². The van der Waals surface area contributed by atoms with Gasteiger partial charge in [0.05, 0.1) is 11.3 Å². The number of rotatable bonds is 3. The van der Waals surface area contributed by atoms with Gasteiger partial charge in [0.25, 0.3) is 0 Å². The lowest BCUT2D eigenvalue weighted by molar-refractivity contribution is 0.438. The summed E-state index contributed by atoms with van der Waals surface area (Å²) in [6.45, 7) is 0. The predicted octanol–water partition coefficient (Wildman–Crippen LogP) is 2.91. The Balaban J connectivity index is 2.00. The summed E-state index contributed by atoms with van der Waals surface area (Å²) in [6, 6.07) is 15.8. The van der Waals surface area contributed by atoms with Crippen LogP contribution in [0.15, 0.2) is 59.3 Å². The number of aromatic nitrogens is 2. The number of nitrogens with two attached hydrogens (primary N) is 1. The van der Waals surface area contributed by atoms with Gasteiger partial charge < -0.3 is 10.3 Å². The van der Waals surface area contributed by atoms with Gasteiger partial charge in [0.2, 0.25) is 5.88 Å². The molecule has 4 heteroatoms. The van der Waals surface area contributed by atoms with Crippen molar-refractivity contribution in [3.63, 3.8) is 0 Å². The van der Waals surface area contributed by atoms with E-state index in [9.17, 15) is 0 Å². The highest BCUT2D eigenvalue weighted by Gasteiger charge is 2.16. The van der Waals surface area contributed by atoms with Crippen LogP contribution >= 0.6 is 0 Å². The summed E-state index contributed by atoms with van der Waals surface area (Å²) in [5.41, 5.74) is 9.39. The lowest BCUT2D eigenvalue weighted by Gasteiger charge is -2.02. The summed E-state index contributed by atoms with van der Waals surface area (Å²) in [4.78, 5) is 4.29. The van der Waals surface area contributed by atoms with E-state index < -0.39 is 0 Å². The van der Waals surface area contributed by atoms with Gasteiger partial charge in [-0.3, -0.25) is 4.98 Å². The van der Waals surface area contributed by atoms with Crippen LogP contribution in [0.2, 0.25) is 0 Å². The van der Waals surface area contributed by atoms with Crippen LogP contribution in [0.4, 0.5) is 5.88 Å². The maximum Gasteiger partial charge on any atom is 0.226 e. The molecule has 2 aromatic heterocycles. The molecule has 2 heterocycles. The number of hydrogen-bond donors (Lipinski definition) is 1. The summed E-state index contributed by atoms with van der Waals surface area (Å²) < 4.78 is 5.11. The number of nitrogens with zero attached hydrogens (tertiary/aromatic N) is 2. The van der Waals surface area contributed by atoms with Crippen molar-refractivity contribution in [2.24, 2.45) is 0 Å². The van der Waals surface area contributed by atoms with Crippen molar-refractivity contribution in [2.45, 2.75) is 6.42 Å². The molecule has 2 N–H and O–H groups in total. The van der Waals surface area contributed by atoms with Crippen LogP contribution in [0.3, 0.4) is 0 Å². The monoisotopic (exact) mass is 251 g/mol. The lowest BCUT2D eigenvalue weighted by Crippen LogP contribution is -1.95. The van der Waals surface area contributed by atoms with Crippen LogP contribution in [0.25, 0.3) is 11.4 Å². The molecule has 0 atom stereocenters. The number of benzene rings is 1. The first-order chi connectivity index (χ1) is 9.34. The van der Waals surface area contributed by atoms with Gasteiger partial charge in [0, 0.05) is 12.6 Å². The molecule has 3 rings (SSSR count). The highest BCUT2D eigenvalue weighted by atomic mass is 16.5. The quantitative estimate of drug-likeness (QED) is 0.777. The molecule has 0 aliphatic rings. The summed E-state index contributed by atoms with van der Waals surface area (Å²) >= 11 is 0. The van der Waals surface area contributed by atoms with E-state index in [-0.39, 0.29) is 0 Å². The van der Waals surface area contributed by atoms with Gasteiger partial charge in [-0.05, 0) is 17.7 Å². The third-order valence-electron chi connectivity index (χ3n) is 2.95. The molecule has 0 amide bonds. The lowest BCUT2D eigenvalue weighted by atomic mass is 10.0. The van der Waals surface area contributed by atoms with Crippen LogP contribution in [0.5, 0.6) is 0 Å². The first-order valence-corrected chi connectivity index (χ1v) is 6.04. The molecule has 0 spiro atoms. The number of anilines is 1. The Morgan fingerprint density at radius 2 is 1.79 bits per heavy atom. The first kappa shape index (κ1) is 11.5. The van der Waals surface area contributed by atoms with E-state index in [1.54, 1.807) is 6.20 Å². The molecule has 0 fully saturated rings. The van der Waals surface area contributed by atoms with Crippen LogP contribution in [0, 0.1) is 0 Å². The molecule has 0 bridgehead atoms.